The van der Waals surface area contributed by atoms with Gasteiger partial charge in [0.25, 0.3) is 5.91 Å². The average Bonchev–Trinajstić information content (AvgIpc) is 2.60. The van der Waals surface area contributed by atoms with Crippen molar-refractivity contribution in [3.05, 3.63) is 53.6 Å². The monoisotopic (exact) mass is 315 g/mol. The second kappa shape index (κ2) is 7.54. The van der Waals surface area contributed by atoms with Crippen LogP contribution in [0.25, 0.3) is 0 Å². The van der Waals surface area contributed by atoms with Gasteiger partial charge in [0.05, 0.1) is 27.4 Å². The number of carbonyl (C=O) groups excluding carboxylic acids is 1. The lowest BCUT2D eigenvalue weighted by Gasteiger charge is -2.18. The number of hydrogen-bond acceptors (Lipinski definition) is 4. The summed E-state index contributed by atoms with van der Waals surface area (Å²) in [4.78, 5) is 12.4. The molecule has 0 aromatic heterocycles. The van der Waals surface area contributed by atoms with Gasteiger partial charge in [-0.1, -0.05) is 6.07 Å². The molecule has 2 aromatic rings. The van der Waals surface area contributed by atoms with E-state index < -0.39 is 0 Å². The van der Waals surface area contributed by atoms with Crippen LogP contribution in [-0.4, -0.2) is 27.2 Å². The van der Waals surface area contributed by atoms with Gasteiger partial charge in [-0.2, -0.15) is 0 Å². The highest BCUT2D eigenvalue weighted by Crippen LogP contribution is 2.29. The minimum absolute atomic E-state index is 0.179. The summed E-state index contributed by atoms with van der Waals surface area (Å²) in [6.45, 7) is 1.90. The van der Waals surface area contributed by atoms with E-state index in [-0.39, 0.29) is 11.9 Å². The molecule has 0 radical (unpaired) electrons. The Bertz CT molecular complexity index is 684. The van der Waals surface area contributed by atoms with Gasteiger partial charge in [0.2, 0.25) is 0 Å². The molecule has 0 unspecified atom stereocenters. The number of rotatable bonds is 6. The number of benzene rings is 2. The largest absolute Gasteiger partial charge is 0.497 e. The lowest BCUT2D eigenvalue weighted by atomic mass is 10.1. The number of amides is 1. The molecule has 1 N–H and O–H groups in total. The van der Waals surface area contributed by atoms with Crippen LogP contribution in [0.15, 0.2) is 42.5 Å². The lowest BCUT2D eigenvalue weighted by Crippen LogP contribution is -2.27. The van der Waals surface area contributed by atoms with Crippen LogP contribution < -0.4 is 19.5 Å². The van der Waals surface area contributed by atoms with Gasteiger partial charge in [0.15, 0.2) is 0 Å². The molecule has 23 heavy (non-hydrogen) atoms. The molecule has 0 saturated carbocycles. The molecule has 0 aliphatic carbocycles. The summed E-state index contributed by atoms with van der Waals surface area (Å²) >= 11 is 0. The van der Waals surface area contributed by atoms with E-state index in [2.05, 4.69) is 5.32 Å². The minimum atomic E-state index is -0.237. The Morgan fingerprint density at radius 2 is 1.65 bits per heavy atom. The first-order chi connectivity index (χ1) is 11.1. The van der Waals surface area contributed by atoms with E-state index in [0.717, 1.165) is 5.56 Å². The highest BCUT2D eigenvalue weighted by Gasteiger charge is 2.16. The standard InChI is InChI=1S/C18H21NO4/c1-12(16-11-15(22-3)8-9-17(16)23-4)19-18(20)13-6-5-7-14(10-13)21-2/h5-12H,1-4H3,(H,19,20)/t12-/m0/s1. The fourth-order valence-corrected chi connectivity index (χ4v) is 2.30. The Balaban J connectivity index is 2.20. The highest BCUT2D eigenvalue weighted by atomic mass is 16.5. The summed E-state index contributed by atoms with van der Waals surface area (Å²) in [5, 5.41) is 2.96. The van der Waals surface area contributed by atoms with Gasteiger partial charge in [-0.05, 0) is 43.3 Å². The number of nitrogens with one attached hydrogen (secondary N) is 1. The van der Waals surface area contributed by atoms with Crippen molar-refractivity contribution in [2.45, 2.75) is 13.0 Å². The van der Waals surface area contributed by atoms with E-state index in [1.807, 2.05) is 25.1 Å². The Morgan fingerprint density at radius 1 is 0.957 bits per heavy atom. The lowest BCUT2D eigenvalue weighted by molar-refractivity contribution is 0.0939. The van der Waals surface area contributed by atoms with Gasteiger partial charge in [0, 0.05) is 11.1 Å². The number of carbonyl (C=O) groups is 1. The molecular weight excluding hydrogens is 294 g/mol. The van der Waals surface area contributed by atoms with E-state index >= 15 is 0 Å². The number of hydrogen-bond donors (Lipinski definition) is 1. The summed E-state index contributed by atoms with van der Waals surface area (Å²) in [6.07, 6.45) is 0. The molecule has 0 heterocycles. The molecule has 0 saturated heterocycles. The number of ether oxygens (including phenoxy) is 3. The summed E-state index contributed by atoms with van der Waals surface area (Å²) < 4.78 is 15.7. The first-order valence-electron chi connectivity index (χ1n) is 7.26. The maximum absolute atomic E-state index is 12.4. The topological polar surface area (TPSA) is 56.8 Å². The second-order valence-corrected chi connectivity index (χ2v) is 5.03. The van der Waals surface area contributed by atoms with Crippen molar-refractivity contribution in [1.82, 2.24) is 5.32 Å². The van der Waals surface area contributed by atoms with Crippen molar-refractivity contribution in [2.75, 3.05) is 21.3 Å². The van der Waals surface area contributed by atoms with E-state index in [1.54, 1.807) is 45.6 Å². The molecule has 1 amide bonds. The molecule has 5 nitrogen and oxygen atoms in total. The predicted molar refractivity (Wildman–Crippen MR) is 88.4 cm³/mol. The van der Waals surface area contributed by atoms with E-state index in [9.17, 15) is 4.79 Å². The summed E-state index contributed by atoms with van der Waals surface area (Å²) in [5.41, 5.74) is 1.39. The van der Waals surface area contributed by atoms with Crippen molar-refractivity contribution >= 4 is 5.91 Å². The van der Waals surface area contributed by atoms with Crippen LogP contribution in [0, 0.1) is 0 Å². The Morgan fingerprint density at radius 3 is 2.30 bits per heavy atom. The molecule has 2 rings (SSSR count). The fourth-order valence-electron chi connectivity index (χ4n) is 2.30. The molecule has 0 bridgehead atoms. The van der Waals surface area contributed by atoms with E-state index in [4.69, 9.17) is 14.2 Å². The van der Waals surface area contributed by atoms with Crippen LogP contribution in [0.5, 0.6) is 17.2 Å². The van der Waals surface area contributed by atoms with Crippen LogP contribution in [-0.2, 0) is 0 Å². The fraction of sp³-hybridized carbons (Fsp3) is 0.278. The molecule has 0 aliphatic heterocycles. The molecule has 1 atom stereocenters. The van der Waals surface area contributed by atoms with Crippen molar-refractivity contribution in [1.29, 1.82) is 0 Å². The molecule has 0 spiro atoms. The molecule has 0 fully saturated rings. The number of methoxy groups -OCH3 is 3. The van der Waals surface area contributed by atoms with Crippen LogP contribution in [0.1, 0.15) is 28.9 Å². The Kier molecular flexibility index (Phi) is 5.46. The summed E-state index contributed by atoms with van der Waals surface area (Å²) in [7, 11) is 4.77. The van der Waals surface area contributed by atoms with Crippen molar-refractivity contribution in [3.63, 3.8) is 0 Å². The molecule has 0 aliphatic rings. The second-order valence-electron chi connectivity index (χ2n) is 5.03. The maximum atomic E-state index is 12.4. The van der Waals surface area contributed by atoms with E-state index in [1.165, 1.54) is 0 Å². The molecule has 5 heteroatoms. The van der Waals surface area contributed by atoms with Gasteiger partial charge < -0.3 is 19.5 Å². The average molecular weight is 315 g/mol. The quantitative estimate of drug-likeness (QED) is 0.889. The normalized spacial score (nSPS) is 11.5. The molecular formula is C18H21NO4. The first-order valence-corrected chi connectivity index (χ1v) is 7.26. The molecule has 2 aromatic carbocycles. The first kappa shape index (κ1) is 16.7. The predicted octanol–water partition coefficient (Wildman–Crippen LogP) is 3.20. The van der Waals surface area contributed by atoms with Crippen LogP contribution in [0.3, 0.4) is 0 Å². The highest BCUT2D eigenvalue weighted by molar-refractivity contribution is 5.94. The van der Waals surface area contributed by atoms with Gasteiger partial charge >= 0.3 is 0 Å². The third-order valence-corrected chi connectivity index (χ3v) is 3.58. The van der Waals surface area contributed by atoms with Gasteiger partial charge in [0.1, 0.15) is 17.2 Å². The van der Waals surface area contributed by atoms with Gasteiger partial charge in [-0.25, -0.2) is 0 Å². The van der Waals surface area contributed by atoms with Crippen molar-refractivity contribution < 1.29 is 19.0 Å². The zero-order chi connectivity index (χ0) is 16.8. The van der Waals surface area contributed by atoms with Crippen molar-refractivity contribution in [2.24, 2.45) is 0 Å². The van der Waals surface area contributed by atoms with Gasteiger partial charge in [-0.3, -0.25) is 4.79 Å². The van der Waals surface area contributed by atoms with Crippen LogP contribution in [0.4, 0.5) is 0 Å². The maximum Gasteiger partial charge on any atom is 0.251 e. The van der Waals surface area contributed by atoms with Crippen LogP contribution in [0.2, 0.25) is 0 Å². The Hall–Kier alpha value is -2.69. The Labute approximate surface area is 136 Å². The minimum Gasteiger partial charge on any atom is -0.497 e. The zero-order valence-electron chi connectivity index (χ0n) is 13.8. The van der Waals surface area contributed by atoms with Gasteiger partial charge in [-0.15, -0.1) is 0 Å². The summed E-state index contributed by atoms with van der Waals surface area (Å²) in [5.74, 6) is 1.87. The van der Waals surface area contributed by atoms with Crippen LogP contribution >= 0.6 is 0 Å². The third kappa shape index (κ3) is 3.94. The smallest absolute Gasteiger partial charge is 0.251 e. The molecule has 122 valence electrons. The SMILES string of the molecule is COc1cccc(C(=O)N[C@@H](C)c2cc(OC)ccc2OC)c1. The van der Waals surface area contributed by atoms with E-state index in [0.29, 0.717) is 22.8 Å². The summed E-state index contributed by atoms with van der Waals surface area (Å²) in [6, 6.07) is 12.3. The van der Waals surface area contributed by atoms with Crippen molar-refractivity contribution in [3.8, 4) is 17.2 Å². The third-order valence-electron chi connectivity index (χ3n) is 3.58. The zero-order valence-corrected chi connectivity index (χ0v) is 13.8.